The number of nitriles is 1. The molecule has 1 rings (SSSR count). The van der Waals surface area contributed by atoms with Crippen molar-refractivity contribution >= 4 is 33.6 Å². The smallest absolute Gasteiger partial charge is 0.0912 e. The molecular weight excluding hydrogens is 237 g/mol. The minimum atomic E-state index is 0.663. The number of hydrogen-bond acceptors (Lipinski definition) is 1. The average molecular weight is 243 g/mol. The van der Waals surface area contributed by atoms with Gasteiger partial charge in [-0.2, -0.15) is 5.26 Å². The Kier molecular flexibility index (Phi) is 3.33. The Morgan fingerprint density at radius 2 is 2.25 bits per heavy atom. The first-order chi connectivity index (χ1) is 5.74. The van der Waals surface area contributed by atoms with Crippen LogP contribution in [0.5, 0.6) is 0 Å². The van der Waals surface area contributed by atoms with Gasteiger partial charge in [0.25, 0.3) is 0 Å². The molecule has 0 aromatic heterocycles. The summed E-state index contributed by atoms with van der Waals surface area (Å²) in [5.41, 5.74) is 0.907. The molecule has 12 heavy (non-hydrogen) atoms. The van der Waals surface area contributed by atoms with E-state index in [0.29, 0.717) is 5.02 Å². The highest BCUT2D eigenvalue weighted by molar-refractivity contribution is 9.10. The number of hydrogen-bond donors (Lipinski definition) is 0. The van der Waals surface area contributed by atoms with E-state index in [-0.39, 0.29) is 0 Å². The van der Waals surface area contributed by atoms with Gasteiger partial charge in [0.05, 0.1) is 6.07 Å². The summed E-state index contributed by atoms with van der Waals surface area (Å²) in [6.07, 6.45) is 3.12. The van der Waals surface area contributed by atoms with E-state index >= 15 is 0 Å². The van der Waals surface area contributed by atoms with Gasteiger partial charge in [0.2, 0.25) is 0 Å². The SMILES string of the molecule is N#CC=Cc1cc(Cl)ccc1Br. The van der Waals surface area contributed by atoms with E-state index in [1.54, 1.807) is 18.2 Å². The standard InChI is InChI=1S/C9H5BrClN/c10-9-4-3-8(11)6-7(9)2-1-5-12/h1-4,6H. The summed E-state index contributed by atoms with van der Waals surface area (Å²) in [4.78, 5) is 0. The highest BCUT2D eigenvalue weighted by Crippen LogP contribution is 2.21. The van der Waals surface area contributed by atoms with Gasteiger partial charge in [-0.3, -0.25) is 0 Å². The molecule has 0 atom stereocenters. The predicted molar refractivity (Wildman–Crippen MR) is 53.8 cm³/mol. The lowest BCUT2D eigenvalue weighted by atomic mass is 10.2. The van der Waals surface area contributed by atoms with E-state index in [1.807, 2.05) is 12.1 Å². The molecule has 0 saturated carbocycles. The fourth-order valence-corrected chi connectivity index (χ4v) is 1.33. The second kappa shape index (κ2) is 4.30. The van der Waals surface area contributed by atoms with Crippen LogP contribution in [0, 0.1) is 11.3 Å². The van der Waals surface area contributed by atoms with Crippen molar-refractivity contribution in [1.82, 2.24) is 0 Å². The predicted octanol–water partition coefficient (Wildman–Crippen LogP) is 3.64. The maximum atomic E-state index is 8.30. The van der Waals surface area contributed by atoms with Crippen LogP contribution in [-0.4, -0.2) is 0 Å². The second-order valence-corrected chi connectivity index (χ2v) is 3.42. The van der Waals surface area contributed by atoms with Crippen molar-refractivity contribution in [3.05, 3.63) is 39.3 Å². The largest absolute Gasteiger partial charge is 0.193 e. The van der Waals surface area contributed by atoms with Crippen LogP contribution in [0.1, 0.15) is 5.56 Å². The highest BCUT2D eigenvalue weighted by atomic mass is 79.9. The zero-order valence-electron chi connectivity index (χ0n) is 6.09. The highest BCUT2D eigenvalue weighted by Gasteiger charge is 1.95. The average Bonchev–Trinajstić information content (AvgIpc) is 2.07. The molecule has 0 saturated heterocycles. The zero-order chi connectivity index (χ0) is 8.97. The molecule has 3 heteroatoms. The Morgan fingerprint density at radius 3 is 2.92 bits per heavy atom. The molecule has 0 aliphatic rings. The Bertz CT molecular complexity index is 352. The lowest BCUT2D eigenvalue weighted by Crippen LogP contribution is -1.74. The van der Waals surface area contributed by atoms with Crippen LogP contribution < -0.4 is 0 Å². The van der Waals surface area contributed by atoms with Crippen molar-refractivity contribution in [2.75, 3.05) is 0 Å². The van der Waals surface area contributed by atoms with Crippen molar-refractivity contribution in [3.8, 4) is 6.07 Å². The summed E-state index contributed by atoms with van der Waals surface area (Å²) in [7, 11) is 0. The van der Waals surface area contributed by atoms with Crippen LogP contribution >= 0.6 is 27.5 Å². The first-order valence-electron chi connectivity index (χ1n) is 3.25. The Labute approximate surface area is 84.4 Å². The molecular formula is C9H5BrClN. The van der Waals surface area contributed by atoms with E-state index in [4.69, 9.17) is 16.9 Å². The summed E-state index contributed by atoms with van der Waals surface area (Å²) < 4.78 is 0.929. The maximum Gasteiger partial charge on any atom is 0.0912 e. The molecule has 0 unspecified atom stereocenters. The summed E-state index contributed by atoms with van der Waals surface area (Å²) in [5.74, 6) is 0. The Balaban J connectivity index is 3.07. The first kappa shape index (κ1) is 9.31. The Hall–Kier alpha value is -0.780. The van der Waals surface area contributed by atoms with E-state index in [0.717, 1.165) is 10.0 Å². The number of halogens is 2. The van der Waals surface area contributed by atoms with E-state index in [1.165, 1.54) is 6.08 Å². The fourth-order valence-electron chi connectivity index (χ4n) is 0.769. The van der Waals surface area contributed by atoms with Gasteiger partial charge in [0.15, 0.2) is 0 Å². The molecule has 0 aliphatic heterocycles. The number of benzene rings is 1. The van der Waals surface area contributed by atoms with Crippen LogP contribution in [0.2, 0.25) is 5.02 Å². The summed E-state index contributed by atoms with van der Waals surface area (Å²) in [5, 5.41) is 8.97. The zero-order valence-corrected chi connectivity index (χ0v) is 8.43. The van der Waals surface area contributed by atoms with Crippen LogP contribution in [-0.2, 0) is 0 Å². The first-order valence-corrected chi connectivity index (χ1v) is 4.42. The third kappa shape index (κ3) is 2.37. The third-order valence-corrected chi connectivity index (χ3v) is 2.25. The number of allylic oxidation sites excluding steroid dienone is 1. The van der Waals surface area contributed by atoms with E-state index in [9.17, 15) is 0 Å². The normalized spacial score (nSPS) is 10.1. The van der Waals surface area contributed by atoms with Gasteiger partial charge in [-0.1, -0.05) is 27.5 Å². The molecule has 0 fully saturated rings. The molecule has 0 amide bonds. The van der Waals surface area contributed by atoms with Crippen molar-refractivity contribution in [2.45, 2.75) is 0 Å². The topological polar surface area (TPSA) is 23.8 Å². The quantitative estimate of drug-likeness (QED) is 0.690. The monoisotopic (exact) mass is 241 g/mol. The van der Waals surface area contributed by atoms with Crippen LogP contribution in [0.3, 0.4) is 0 Å². The third-order valence-electron chi connectivity index (χ3n) is 1.30. The lowest BCUT2D eigenvalue weighted by molar-refractivity contribution is 1.53. The molecule has 0 N–H and O–H groups in total. The van der Waals surface area contributed by atoms with Crippen molar-refractivity contribution in [2.24, 2.45) is 0 Å². The summed E-state index contributed by atoms with van der Waals surface area (Å²) >= 11 is 9.10. The molecule has 0 bridgehead atoms. The van der Waals surface area contributed by atoms with Gasteiger partial charge in [-0.15, -0.1) is 0 Å². The maximum absolute atomic E-state index is 8.30. The van der Waals surface area contributed by atoms with Crippen molar-refractivity contribution in [3.63, 3.8) is 0 Å². The summed E-state index contributed by atoms with van der Waals surface area (Å²) in [6.45, 7) is 0. The van der Waals surface area contributed by atoms with Crippen molar-refractivity contribution < 1.29 is 0 Å². The van der Waals surface area contributed by atoms with Crippen LogP contribution in [0.15, 0.2) is 28.7 Å². The fraction of sp³-hybridized carbons (Fsp3) is 0. The molecule has 1 nitrogen and oxygen atoms in total. The van der Waals surface area contributed by atoms with Gasteiger partial charge in [0, 0.05) is 15.6 Å². The van der Waals surface area contributed by atoms with Crippen LogP contribution in [0.4, 0.5) is 0 Å². The van der Waals surface area contributed by atoms with Gasteiger partial charge in [-0.05, 0) is 29.8 Å². The van der Waals surface area contributed by atoms with Gasteiger partial charge in [-0.25, -0.2) is 0 Å². The van der Waals surface area contributed by atoms with Gasteiger partial charge < -0.3 is 0 Å². The summed E-state index contributed by atoms with van der Waals surface area (Å²) in [6, 6.07) is 7.34. The molecule has 0 spiro atoms. The molecule has 1 aromatic carbocycles. The molecule has 60 valence electrons. The molecule has 1 aromatic rings. The minimum Gasteiger partial charge on any atom is -0.193 e. The minimum absolute atomic E-state index is 0.663. The van der Waals surface area contributed by atoms with E-state index in [2.05, 4.69) is 15.9 Å². The molecule has 0 heterocycles. The molecule has 0 radical (unpaired) electrons. The number of nitrogens with zero attached hydrogens (tertiary/aromatic N) is 1. The molecule has 0 aliphatic carbocycles. The van der Waals surface area contributed by atoms with Gasteiger partial charge in [0.1, 0.15) is 0 Å². The Morgan fingerprint density at radius 1 is 1.50 bits per heavy atom. The number of rotatable bonds is 1. The van der Waals surface area contributed by atoms with Gasteiger partial charge >= 0.3 is 0 Å². The second-order valence-electron chi connectivity index (χ2n) is 2.13. The van der Waals surface area contributed by atoms with Crippen LogP contribution in [0.25, 0.3) is 6.08 Å². The lowest BCUT2D eigenvalue weighted by Gasteiger charge is -1.97. The van der Waals surface area contributed by atoms with E-state index < -0.39 is 0 Å². The van der Waals surface area contributed by atoms with Crippen molar-refractivity contribution in [1.29, 1.82) is 5.26 Å².